The molecule has 1 saturated heterocycles. The Kier molecular flexibility index (Phi) is 5.94. The summed E-state index contributed by atoms with van der Waals surface area (Å²) < 4.78 is 5.63. The first-order valence-electron chi connectivity index (χ1n) is 9.55. The summed E-state index contributed by atoms with van der Waals surface area (Å²) in [6.45, 7) is 9.53. The van der Waals surface area contributed by atoms with Crippen molar-refractivity contribution in [2.75, 3.05) is 23.3 Å². The number of rotatable bonds is 5. The molecule has 6 nitrogen and oxygen atoms in total. The third kappa shape index (κ3) is 5.18. The molecule has 0 unspecified atom stereocenters. The summed E-state index contributed by atoms with van der Waals surface area (Å²) in [6, 6.07) is 9.51. The zero-order valence-corrected chi connectivity index (χ0v) is 16.5. The fraction of sp³-hybridized carbons (Fsp3) is 0.476. The molecule has 1 fully saturated rings. The quantitative estimate of drug-likeness (QED) is 0.871. The maximum absolute atomic E-state index is 12.6. The van der Waals surface area contributed by atoms with Gasteiger partial charge in [0.2, 0.25) is 11.9 Å². The molecule has 1 aliphatic heterocycles. The number of carbonyl (C=O) groups is 1. The average molecular weight is 368 g/mol. The van der Waals surface area contributed by atoms with Crippen LogP contribution in [0, 0.1) is 19.8 Å². The molecule has 0 saturated carbocycles. The Labute approximate surface area is 161 Å². The number of hydrogen-bond acceptors (Lipinski definition) is 5. The van der Waals surface area contributed by atoms with Gasteiger partial charge in [-0.25, -0.2) is 9.97 Å². The van der Waals surface area contributed by atoms with Crippen LogP contribution in [0.4, 0.5) is 11.6 Å². The van der Waals surface area contributed by atoms with E-state index in [1.54, 1.807) is 0 Å². The van der Waals surface area contributed by atoms with Gasteiger partial charge in [0.1, 0.15) is 5.75 Å². The largest absolute Gasteiger partial charge is 0.491 e. The van der Waals surface area contributed by atoms with Gasteiger partial charge in [-0.1, -0.05) is 0 Å². The van der Waals surface area contributed by atoms with E-state index in [4.69, 9.17) is 4.74 Å². The molecule has 6 heteroatoms. The Balaban J connectivity index is 1.54. The Morgan fingerprint density at radius 2 is 1.70 bits per heavy atom. The van der Waals surface area contributed by atoms with Crippen molar-refractivity contribution >= 4 is 17.5 Å². The van der Waals surface area contributed by atoms with Crippen molar-refractivity contribution < 1.29 is 9.53 Å². The van der Waals surface area contributed by atoms with E-state index in [-0.39, 0.29) is 17.9 Å². The van der Waals surface area contributed by atoms with Crippen molar-refractivity contribution in [1.82, 2.24) is 9.97 Å². The molecular weight excluding hydrogens is 340 g/mol. The maximum atomic E-state index is 12.6. The van der Waals surface area contributed by atoms with Crippen molar-refractivity contribution in [3.8, 4) is 5.75 Å². The SMILES string of the molecule is Cc1cc(C)nc(N2CCC(C(=O)Nc3ccc(OC(C)C)cc3)CC2)n1. The van der Waals surface area contributed by atoms with Crippen LogP contribution in [0.5, 0.6) is 5.75 Å². The molecule has 1 aromatic heterocycles. The summed E-state index contributed by atoms with van der Waals surface area (Å²) in [4.78, 5) is 23.8. The highest BCUT2D eigenvalue weighted by Gasteiger charge is 2.26. The second kappa shape index (κ2) is 8.37. The molecule has 1 amide bonds. The van der Waals surface area contributed by atoms with E-state index in [1.165, 1.54) is 0 Å². The van der Waals surface area contributed by atoms with Crippen molar-refractivity contribution in [1.29, 1.82) is 0 Å². The number of nitrogens with zero attached hydrogens (tertiary/aromatic N) is 3. The monoisotopic (exact) mass is 368 g/mol. The second-order valence-corrected chi connectivity index (χ2v) is 7.39. The summed E-state index contributed by atoms with van der Waals surface area (Å²) in [6.07, 6.45) is 1.74. The van der Waals surface area contributed by atoms with E-state index in [2.05, 4.69) is 20.2 Å². The Hall–Kier alpha value is -2.63. The lowest BCUT2D eigenvalue weighted by molar-refractivity contribution is -0.120. The first-order chi connectivity index (χ1) is 12.9. The van der Waals surface area contributed by atoms with Crippen molar-refractivity contribution in [2.24, 2.45) is 5.92 Å². The number of ether oxygens (including phenoxy) is 1. The number of hydrogen-bond donors (Lipinski definition) is 1. The number of aryl methyl sites for hydroxylation is 2. The Morgan fingerprint density at radius 1 is 1.11 bits per heavy atom. The normalized spacial score (nSPS) is 15.1. The summed E-state index contributed by atoms with van der Waals surface area (Å²) in [5.74, 6) is 1.67. The van der Waals surface area contributed by atoms with Crippen LogP contribution in [0.25, 0.3) is 0 Å². The highest BCUT2D eigenvalue weighted by atomic mass is 16.5. The predicted octanol–water partition coefficient (Wildman–Crippen LogP) is 3.74. The third-order valence-corrected chi connectivity index (χ3v) is 4.61. The number of piperidine rings is 1. The molecule has 1 aromatic carbocycles. The number of aromatic nitrogens is 2. The van der Waals surface area contributed by atoms with E-state index in [0.29, 0.717) is 0 Å². The molecule has 0 radical (unpaired) electrons. The molecule has 1 N–H and O–H groups in total. The lowest BCUT2D eigenvalue weighted by Gasteiger charge is -2.31. The minimum atomic E-state index is 0.0127. The van der Waals surface area contributed by atoms with E-state index in [9.17, 15) is 4.79 Å². The van der Waals surface area contributed by atoms with Gasteiger partial charge in [-0.2, -0.15) is 0 Å². The maximum Gasteiger partial charge on any atom is 0.227 e. The molecule has 0 bridgehead atoms. The van der Waals surface area contributed by atoms with E-state index >= 15 is 0 Å². The van der Waals surface area contributed by atoms with Gasteiger partial charge in [0.15, 0.2) is 0 Å². The summed E-state index contributed by atoms with van der Waals surface area (Å²) in [5.41, 5.74) is 2.75. The molecule has 144 valence electrons. The van der Waals surface area contributed by atoms with E-state index in [1.807, 2.05) is 58.0 Å². The van der Waals surface area contributed by atoms with Gasteiger partial charge in [-0.15, -0.1) is 0 Å². The number of amides is 1. The molecule has 3 rings (SSSR count). The summed E-state index contributed by atoms with van der Waals surface area (Å²) in [5, 5.41) is 3.02. The zero-order chi connectivity index (χ0) is 19.4. The first-order valence-corrected chi connectivity index (χ1v) is 9.55. The van der Waals surface area contributed by atoms with E-state index < -0.39 is 0 Å². The van der Waals surface area contributed by atoms with Crippen molar-refractivity contribution in [2.45, 2.75) is 46.6 Å². The van der Waals surface area contributed by atoms with Crippen LogP contribution in [0.1, 0.15) is 38.1 Å². The van der Waals surface area contributed by atoms with Gasteiger partial charge in [-0.3, -0.25) is 4.79 Å². The van der Waals surface area contributed by atoms with Gasteiger partial charge in [-0.05, 0) is 70.9 Å². The minimum Gasteiger partial charge on any atom is -0.491 e. The van der Waals surface area contributed by atoms with Crippen LogP contribution in [0.3, 0.4) is 0 Å². The standard InChI is InChI=1S/C21H28N4O2/c1-14(2)27-19-7-5-18(6-8-19)24-20(26)17-9-11-25(12-10-17)21-22-15(3)13-16(4)23-21/h5-8,13-14,17H,9-12H2,1-4H3,(H,24,26). The summed E-state index contributed by atoms with van der Waals surface area (Å²) in [7, 11) is 0. The number of carbonyl (C=O) groups excluding carboxylic acids is 1. The lowest BCUT2D eigenvalue weighted by atomic mass is 9.96. The first kappa shape index (κ1) is 19.1. The van der Waals surface area contributed by atoms with Gasteiger partial charge < -0.3 is 15.0 Å². The Morgan fingerprint density at radius 3 is 2.26 bits per heavy atom. The zero-order valence-electron chi connectivity index (χ0n) is 16.5. The summed E-state index contributed by atoms with van der Waals surface area (Å²) >= 11 is 0. The average Bonchev–Trinajstić information content (AvgIpc) is 2.62. The smallest absolute Gasteiger partial charge is 0.227 e. The van der Waals surface area contributed by atoms with Crippen LogP contribution >= 0.6 is 0 Å². The van der Waals surface area contributed by atoms with Crippen molar-refractivity contribution in [3.63, 3.8) is 0 Å². The number of benzene rings is 1. The van der Waals surface area contributed by atoms with Crippen molar-refractivity contribution in [3.05, 3.63) is 41.7 Å². The van der Waals surface area contributed by atoms with Crippen LogP contribution in [0.15, 0.2) is 30.3 Å². The van der Waals surface area contributed by atoms with Crippen LogP contribution in [-0.2, 0) is 4.79 Å². The van der Waals surface area contributed by atoms with Gasteiger partial charge >= 0.3 is 0 Å². The molecular formula is C21H28N4O2. The number of nitrogens with one attached hydrogen (secondary N) is 1. The number of anilines is 2. The molecule has 0 aliphatic carbocycles. The molecule has 1 aliphatic rings. The van der Waals surface area contributed by atoms with Crippen LogP contribution in [0.2, 0.25) is 0 Å². The molecule has 2 aromatic rings. The third-order valence-electron chi connectivity index (χ3n) is 4.61. The predicted molar refractivity (Wildman–Crippen MR) is 107 cm³/mol. The molecule has 27 heavy (non-hydrogen) atoms. The van der Waals surface area contributed by atoms with Gasteiger partial charge in [0.05, 0.1) is 6.10 Å². The Bertz CT molecular complexity index is 761. The molecule has 0 spiro atoms. The highest BCUT2D eigenvalue weighted by Crippen LogP contribution is 2.23. The van der Waals surface area contributed by atoms with Crippen LogP contribution in [-0.4, -0.2) is 35.1 Å². The topological polar surface area (TPSA) is 67.4 Å². The lowest BCUT2D eigenvalue weighted by Crippen LogP contribution is -2.39. The highest BCUT2D eigenvalue weighted by molar-refractivity contribution is 5.92. The van der Waals surface area contributed by atoms with Gasteiger partial charge in [0.25, 0.3) is 0 Å². The van der Waals surface area contributed by atoms with Gasteiger partial charge in [0, 0.05) is 36.1 Å². The van der Waals surface area contributed by atoms with Crippen LogP contribution < -0.4 is 15.0 Å². The second-order valence-electron chi connectivity index (χ2n) is 7.39. The minimum absolute atomic E-state index is 0.0127. The van der Waals surface area contributed by atoms with E-state index in [0.717, 1.165) is 54.7 Å². The molecule has 2 heterocycles. The molecule has 0 atom stereocenters. The fourth-order valence-electron chi connectivity index (χ4n) is 3.32. The fourth-order valence-corrected chi connectivity index (χ4v) is 3.32.